The van der Waals surface area contributed by atoms with Gasteiger partial charge in [0.1, 0.15) is 11.7 Å². The first-order valence-electron chi connectivity index (χ1n) is 10.6. The number of nitrogens with one attached hydrogen (secondary N) is 1. The van der Waals surface area contributed by atoms with Gasteiger partial charge in [0, 0.05) is 22.9 Å². The lowest BCUT2D eigenvalue weighted by Crippen LogP contribution is -2.43. The van der Waals surface area contributed by atoms with E-state index >= 15 is 0 Å². The molecule has 1 N–H and O–H groups in total. The van der Waals surface area contributed by atoms with Gasteiger partial charge in [0.05, 0.1) is 25.9 Å². The molecule has 0 amide bonds. The Morgan fingerprint density at radius 3 is 2.52 bits per heavy atom. The highest BCUT2D eigenvalue weighted by Crippen LogP contribution is 2.45. The highest BCUT2D eigenvalue weighted by molar-refractivity contribution is 6.12. The molecule has 0 saturated carbocycles. The van der Waals surface area contributed by atoms with E-state index in [4.69, 9.17) is 14.2 Å². The number of rotatable bonds is 6. The van der Waals surface area contributed by atoms with Gasteiger partial charge in [-0.25, -0.2) is 4.79 Å². The van der Waals surface area contributed by atoms with Crippen molar-refractivity contribution in [2.45, 2.75) is 40.0 Å². The van der Waals surface area contributed by atoms with E-state index in [1.54, 1.807) is 40.0 Å². The second kappa shape index (κ2) is 9.37. The molecule has 1 aromatic carbocycles. The summed E-state index contributed by atoms with van der Waals surface area (Å²) < 4.78 is 15.9. The fourth-order valence-corrected chi connectivity index (χ4v) is 4.42. The summed E-state index contributed by atoms with van der Waals surface area (Å²) in [4.78, 5) is 39.2. The minimum absolute atomic E-state index is 0.200. The lowest BCUT2D eigenvalue weighted by Gasteiger charge is -2.38. The molecule has 31 heavy (non-hydrogen) atoms. The SMILES string of the molecule is CCOC(=O)C1=C(C)NC2=C(C(=O)C(C(=O)OCC)C(C)C2)C1c1cccc(OC)c1. The highest BCUT2D eigenvalue weighted by Gasteiger charge is 2.47. The number of allylic oxidation sites excluding steroid dienone is 3. The van der Waals surface area contributed by atoms with Gasteiger partial charge in [-0.15, -0.1) is 0 Å². The Morgan fingerprint density at radius 1 is 1.16 bits per heavy atom. The molecular formula is C24H29NO6. The number of esters is 2. The molecule has 1 aliphatic carbocycles. The molecule has 3 atom stereocenters. The summed E-state index contributed by atoms with van der Waals surface area (Å²) in [7, 11) is 1.56. The van der Waals surface area contributed by atoms with Gasteiger partial charge >= 0.3 is 11.9 Å². The Morgan fingerprint density at radius 2 is 1.87 bits per heavy atom. The number of Topliss-reactive ketones (excluding diaryl/α,β-unsaturated/α-hetero) is 1. The molecule has 166 valence electrons. The molecule has 3 unspecified atom stereocenters. The Balaban J connectivity index is 2.17. The number of benzene rings is 1. The first-order chi connectivity index (χ1) is 14.8. The molecule has 0 saturated heterocycles. The predicted octanol–water partition coefficient (Wildman–Crippen LogP) is 3.26. The van der Waals surface area contributed by atoms with E-state index in [9.17, 15) is 14.4 Å². The molecule has 0 fully saturated rings. The number of ether oxygens (including phenoxy) is 3. The summed E-state index contributed by atoms with van der Waals surface area (Å²) in [5.74, 6) is -2.52. The first-order valence-corrected chi connectivity index (χ1v) is 10.6. The van der Waals surface area contributed by atoms with Crippen LogP contribution in [-0.4, -0.2) is 38.0 Å². The molecular weight excluding hydrogens is 398 g/mol. The summed E-state index contributed by atoms with van der Waals surface area (Å²) in [5.41, 5.74) is 2.87. The quantitative estimate of drug-likeness (QED) is 0.550. The molecule has 0 bridgehead atoms. The molecule has 2 aliphatic rings. The maximum atomic E-state index is 13.7. The third-order valence-corrected chi connectivity index (χ3v) is 5.75. The molecule has 7 heteroatoms. The number of hydrogen-bond donors (Lipinski definition) is 1. The van der Waals surface area contributed by atoms with Gasteiger partial charge in [-0.05, 0) is 50.8 Å². The van der Waals surface area contributed by atoms with Gasteiger partial charge in [0.15, 0.2) is 5.78 Å². The molecule has 3 rings (SSSR count). The van der Waals surface area contributed by atoms with E-state index in [2.05, 4.69) is 5.32 Å². The van der Waals surface area contributed by atoms with Crippen molar-refractivity contribution in [1.29, 1.82) is 0 Å². The maximum Gasteiger partial charge on any atom is 0.336 e. The van der Waals surface area contributed by atoms with E-state index < -0.39 is 23.8 Å². The normalized spacial score (nSPS) is 23.1. The van der Waals surface area contributed by atoms with Crippen LogP contribution in [0, 0.1) is 11.8 Å². The number of carbonyl (C=O) groups is 3. The standard InChI is InChI=1S/C24H29NO6/c1-6-30-23(27)18-13(3)11-17-21(22(18)26)20(15-9-8-10-16(12-15)29-5)19(14(4)25-17)24(28)31-7-2/h8-10,12-13,18,20,25H,6-7,11H2,1-5H3. The van der Waals surface area contributed by atoms with E-state index in [0.29, 0.717) is 29.0 Å². The van der Waals surface area contributed by atoms with Gasteiger partial charge in [-0.1, -0.05) is 19.1 Å². The largest absolute Gasteiger partial charge is 0.497 e. The number of hydrogen-bond acceptors (Lipinski definition) is 7. The summed E-state index contributed by atoms with van der Waals surface area (Å²) in [6.07, 6.45) is 0.498. The van der Waals surface area contributed by atoms with Crippen molar-refractivity contribution in [3.8, 4) is 5.75 Å². The summed E-state index contributed by atoms with van der Waals surface area (Å²) in [5, 5.41) is 3.24. The Labute approximate surface area is 182 Å². The fourth-order valence-electron chi connectivity index (χ4n) is 4.42. The van der Waals surface area contributed by atoms with Crippen molar-refractivity contribution < 1.29 is 28.6 Å². The van der Waals surface area contributed by atoms with Crippen molar-refractivity contribution >= 4 is 17.7 Å². The monoisotopic (exact) mass is 427 g/mol. The van der Waals surface area contributed by atoms with E-state index in [1.807, 2.05) is 19.1 Å². The van der Waals surface area contributed by atoms with Crippen LogP contribution in [0.2, 0.25) is 0 Å². The van der Waals surface area contributed by atoms with Crippen LogP contribution < -0.4 is 10.1 Å². The number of ketones is 1. The molecule has 1 aromatic rings. The second-order valence-electron chi connectivity index (χ2n) is 7.76. The molecule has 0 aromatic heterocycles. The average molecular weight is 427 g/mol. The lowest BCUT2D eigenvalue weighted by atomic mass is 9.69. The number of dihydropyridines is 1. The van der Waals surface area contributed by atoms with Crippen LogP contribution in [0.15, 0.2) is 46.8 Å². The Bertz CT molecular complexity index is 961. The third-order valence-electron chi connectivity index (χ3n) is 5.75. The average Bonchev–Trinajstić information content (AvgIpc) is 2.73. The first kappa shape index (κ1) is 22.6. The summed E-state index contributed by atoms with van der Waals surface area (Å²) in [6, 6.07) is 7.26. The van der Waals surface area contributed by atoms with Gasteiger partial charge in [0.25, 0.3) is 0 Å². The number of carbonyl (C=O) groups excluding carboxylic acids is 3. The van der Waals surface area contributed by atoms with E-state index in [0.717, 1.165) is 11.3 Å². The van der Waals surface area contributed by atoms with Gasteiger partial charge in [-0.3, -0.25) is 9.59 Å². The van der Waals surface area contributed by atoms with Crippen LogP contribution in [0.25, 0.3) is 0 Å². The van der Waals surface area contributed by atoms with Gasteiger partial charge in [-0.2, -0.15) is 0 Å². The van der Waals surface area contributed by atoms with Crippen LogP contribution in [0.4, 0.5) is 0 Å². The van der Waals surface area contributed by atoms with Gasteiger partial charge < -0.3 is 19.5 Å². The molecule has 1 heterocycles. The van der Waals surface area contributed by atoms with Crippen molar-refractivity contribution in [2.75, 3.05) is 20.3 Å². The Hall–Kier alpha value is -3.09. The maximum absolute atomic E-state index is 13.7. The predicted molar refractivity (Wildman–Crippen MR) is 114 cm³/mol. The van der Waals surface area contributed by atoms with E-state index in [-0.39, 0.29) is 24.9 Å². The van der Waals surface area contributed by atoms with Crippen molar-refractivity contribution in [3.05, 3.63) is 52.4 Å². The van der Waals surface area contributed by atoms with Crippen molar-refractivity contribution in [2.24, 2.45) is 11.8 Å². The van der Waals surface area contributed by atoms with Crippen molar-refractivity contribution in [1.82, 2.24) is 5.32 Å². The zero-order valence-corrected chi connectivity index (χ0v) is 18.6. The van der Waals surface area contributed by atoms with Gasteiger partial charge in [0.2, 0.25) is 0 Å². The van der Waals surface area contributed by atoms with Crippen LogP contribution >= 0.6 is 0 Å². The molecule has 7 nitrogen and oxygen atoms in total. The van der Waals surface area contributed by atoms with Crippen LogP contribution in [0.5, 0.6) is 5.75 Å². The van der Waals surface area contributed by atoms with Crippen LogP contribution in [0.3, 0.4) is 0 Å². The fraction of sp³-hybridized carbons (Fsp3) is 0.458. The molecule has 0 spiro atoms. The Kier molecular flexibility index (Phi) is 6.83. The second-order valence-corrected chi connectivity index (χ2v) is 7.76. The van der Waals surface area contributed by atoms with Crippen LogP contribution in [-0.2, 0) is 23.9 Å². The zero-order chi connectivity index (χ0) is 22.7. The van der Waals surface area contributed by atoms with E-state index in [1.165, 1.54) is 0 Å². The summed E-state index contributed by atoms with van der Waals surface area (Å²) in [6.45, 7) is 7.53. The van der Waals surface area contributed by atoms with Crippen molar-refractivity contribution in [3.63, 3.8) is 0 Å². The van der Waals surface area contributed by atoms with Crippen LogP contribution in [0.1, 0.15) is 45.6 Å². The third kappa shape index (κ3) is 4.22. The highest BCUT2D eigenvalue weighted by atomic mass is 16.5. The molecule has 0 radical (unpaired) electrons. The smallest absolute Gasteiger partial charge is 0.336 e. The summed E-state index contributed by atoms with van der Waals surface area (Å²) >= 11 is 0. The topological polar surface area (TPSA) is 90.9 Å². The minimum Gasteiger partial charge on any atom is -0.497 e. The minimum atomic E-state index is -0.907. The number of methoxy groups -OCH3 is 1. The lowest BCUT2D eigenvalue weighted by molar-refractivity contribution is -0.153. The zero-order valence-electron chi connectivity index (χ0n) is 18.6. The molecule has 1 aliphatic heterocycles.